The van der Waals surface area contributed by atoms with Gasteiger partial charge in [0.2, 0.25) is 5.60 Å². The van der Waals surface area contributed by atoms with Crippen molar-refractivity contribution in [1.29, 1.82) is 0 Å². The van der Waals surface area contributed by atoms with Crippen LogP contribution in [0.5, 0.6) is 0 Å². The Balaban J connectivity index is 2.26. The molecule has 3 N–H and O–H groups in total. The van der Waals surface area contributed by atoms with E-state index in [4.69, 9.17) is 23.2 Å². The molecular formula is C16H12BrCl2F3N2O4S. The number of benzene rings is 2. The number of amides is 1. The minimum absolute atomic E-state index is 0.191. The van der Waals surface area contributed by atoms with Gasteiger partial charge in [0, 0.05) is 4.47 Å². The molecule has 0 spiro atoms. The van der Waals surface area contributed by atoms with E-state index >= 15 is 0 Å². The third-order valence-electron chi connectivity index (χ3n) is 3.66. The zero-order valence-electron chi connectivity index (χ0n) is 14.3. The van der Waals surface area contributed by atoms with Crippen LogP contribution in [0.1, 0.15) is 6.92 Å². The molecule has 0 unspecified atom stereocenters. The Kier molecular flexibility index (Phi) is 6.80. The summed E-state index contributed by atoms with van der Waals surface area (Å²) in [7, 11) is -4.10. The molecule has 0 heterocycles. The third-order valence-corrected chi connectivity index (χ3v) is 6.57. The fourth-order valence-corrected chi connectivity index (χ4v) is 3.77. The maximum absolute atomic E-state index is 12.7. The summed E-state index contributed by atoms with van der Waals surface area (Å²) < 4.78 is 65.9. The van der Waals surface area contributed by atoms with Crippen LogP contribution < -0.4 is 10.0 Å². The Bertz CT molecular complexity index is 1060. The van der Waals surface area contributed by atoms with E-state index in [1.807, 2.05) is 5.32 Å². The monoisotopic (exact) mass is 534 g/mol. The second kappa shape index (κ2) is 8.31. The zero-order valence-corrected chi connectivity index (χ0v) is 18.2. The van der Waals surface area contributed by atoms with Crippen molar-refractivity contribution in [3.63, 3.8) is 0 Å². The fraction of sp³-hybridized carbons (Fsp3) is 0.188. The first-order valence-electron chi connectivity index (χ1n) is 7.53. The Morgan fingerprint density at radius 2 is 1.72 bits per heavy atom. The van der Waals surface area contributed by atoms with Crippen molar-refractivity contribution < 1.29 is 31.5 Å². The van der Waals surface area contributed by atoms with Crippen molar-refractivity contribution in [1.82, 2.24) is 0 Å². The second-order valence-corrected chi connectivity index (χ2v) is 9.25. The number of hydrogen-bond acceptors (Lipinski definition) is 4. The molecule has 0 saturated carbocycles. The standard InChI is InChI=1S/C16H12BrCl2F3N2O4S/c1-15(26,16(20,21)22)14(25)23-13-5-3-9(7-12(13)19)29(27,28)24-8-2-4-11(18)10(17)6-8/h2-7,24,26H,1H3,(H,23,25)/t15-/m1/s1. The van der Waals surface area contributed by atoms with Crippen LogP contribution in [0.4, 0.5) is 24.5 Å². The third kappa shape index (κ3) is 5.34. The number of halogens is 6. The number of aliphatic hydroxyl groups is 1. The van der Waals surface area contributed by atoms with Crippen LogP contribution in [0.2, 0.25) is 10.0 Å². The summed E-state index contributed by atoms with van der Waals surface area (Å²) in [6.07, 6.45) is -5.22. The Morgan fingerprint density at radius 3 is 2.24 bits per heavy atom. The average molecular weight is 536 g/mol. The van der Waals surface area contributed by atoms with E-state index < -0.39 is 27.7 Å². The van der Waals surface area contributed by atoms with Gasteiger partial charge in [0.25, 0.3) is 15.9 Å². The summed E-state index contributed by atoms with van der Waals surface area (Å²) in [6, 6.07) is 7.26. The van der Waals surface area contributed by atoms with Gasteiger partial charge in [-0.2, -0.15) is 13.2 Å². The number of carbonyl (C=O) groups excluding carboxylic acids is 1. The molecule has 29 heavy (non-hydrogen) atoms. The first-order chi connectivity index (χ1) is 13.1. The van der Waals surface area contributed by atoms with Crippen LogP contribution in [0.25, 0.3) is 0 Å². The van der Waals surface area contributed by atoms with Crippen molar-refractivity contribution >= 4 is 66.4 Å². The molecule has 1 atom stereocenters. The molecule has 13 heteroatoms. The summed E-state index contributed by atoms with van der Waals surface area (Å²) >= 11 is 14.9. The smallest absolute Gasteiger partial charge is 0.373 e. The molecule has 0 radical (unpaired) electrons. The highest BCUT2D eigenvalue weighted by Gasteiger charge is 2.55. The van der Waals surface area contributed by atoms with E-state index in [1.54, 1.807) is 0 Å². The molecule has 1 amide bonds. The molecule has 2 rings (SSSR count). The van der Waals surface area contributed by atoms with Crippen LogP contribution in [0, 0.1) is 0 Å². The van der Waals surface area contributed by atoms with Crippen molar-refractivity contribution in [2.45, 2.75) is 23.6 Å². The summed E-state index contributed by atoms with van der Waals surface area (Å²) in [5.41, 5.74) is -3.78. The van der Waals surface area contributed by atoms with E-state index in [1.165, 1.54) is 18.2 Å². The van der Waals surface area contributed by atoms with Gasteiger partial charge in [-0.15, -0.1) is 0 Å². The van der Waals surface area contributed by atoms with E-state index in [9.17, 15) is 31.5 Å². The number of anilines is 2. The van der Waals surface area contributed by atoms with Gasteiger partial charge in [0.15, 0.2) is 0 Å². The molecule has 0 saturated heterocycles. The minimum Gasteiger partial charge on any atom is -0.373 e. The van der Waals surface area contributed by atoms with Crippen molar-refractivity contribution in [2.75, 3.05) is 10.0 Å². The lowest BCUT2D eigenvalue weighted by molar-refractivity contribution is -0.242. The van der Waals surface area contributed by atoms with E-state index in [0.717, 1.165) is 18.2 Å². The Hall–Kier alpha value is -1.53. The van der Waals surface area contributed by atoms with Crippen molar-refractivity contribution in [2.24, 2.45) is 0 Å². The van der Waals surface area contributed by atoms with Gasteiger partial charge < -0.3 is 10.4 Å². The molecule has 0 fully saturated rings. The number of hydrogen-bond donors (Lipinski definition) is 3. The lowest BCUT2D eigenvalue weighted by atomic mass is 10.1. The highest BCUT2D eigenvalue weighted by atomic mass is 79.9. The molecule has 2 aromatic rings. The maximum atomic E-state index is 12.7. The largest absolute Gasteiger partial charge is 0.426 e. The van der Waals surface area contributed by atoms with Crippen LogP contribution in [-0.2, 0) is 14.8 Å². The Morgan fingerprint density at radius 1 is 1.10 bits per heavy atom. The SMILES string of the molecule is C[C@@](O)(C(=O)Nc1ccc(S(=O)(=O)Nc2ccc(Cl)c(Br)c2)cc1Cl)C(F)(F)F. The summed E-state index contributed by atoms with van der Waals surface area (Å²) in [4.78, 5) is 11.4. The molecule has 0 aromatic heterocycles. The van der Waals surface area contributed by atoms with E-state index in [2.05, 4.69) is 20.7 Å². The molecule has 0 aliphatic rings. The van der Waals surface area contributed by atoms with Crippen LogP contribution >= 0.6 is 39.1 Å². The van der Waals surface area contributed by atoms with E-state index in [-0.39, 0.29) is 28.2 Å². The minimum atomic E-state index is -5.22. The van der Waals surface area contributed by atoms with Crippen LogP contribution in [0.15, 0.2) is 45.8 Å². The highest BCUT2D eigenvalue weighted by molar-refractivity contribution is 9.10. The number of rotatable bonds is 5. The van der Waals surface area contributed by atoms with Gasteiger partial charge in [-0.3, -0.25) is 9.52 Å². The molecule has 0 aliphatic carbocycles. The molecule has 6 nitrogen and oxygen atoms in total. The predicted octanol–water partition coefficient (Wildman–Crippen LogP) is 4.81. The quantitative estimate of drug-likeness (QED) is 0.512. The second-order valence-electron chi connectivity index (χ2n) is 5.90. The van der Waals surface area contributed by atoms with Gasteiger partial charge >= 0.3 is 6.18 Å². The summed E-state index contributed by atoms with van der Waals surface area (Å²) in [5.74, 6) is -1.77. The van der Waals surface area contributed by atoms with Crippen molar-refractivity contribution in [3.8, 4) is 0 Å². The average Bonchev–Trinajstić information content (AvgIpc) is 2.58. The maximum Gasteiger partial charge on any atom is 0.426 e. The lowest BCUT2D eigenvalue weighted by Gasteiger charge is -2.25. The van der Waals surface area contributed by atoms with Gasteiger partial charge in [-0.05, 0) is 59.3 Å². The van der Waals surface area contributed by atoms with Gasteiger partial charge in [-0.1, -0.05) is 23.2 Å². The van der Waals surface area contributed by atoms with E-state index in [0.29, 0.717) is 9.50 Å². The predicted molar refractivity (Wildman–Crippen MR) is 107 cm³/mol. The first-order valence-corrected chi connectivity index (χ1v) is 10.6. The number of alkyl halides is 3. The van der Waals surface area contributed by atoms with Gasteiger partial charge in [0.05, 0.1) is 26.3 Å². The normalized spacial score (nSPS) is 14.2. The summed E-state index contributed by atoms with van der Waals surface area (Å²) in [6.45, 7) is 0.281. The number of nitrogens with one attached hydrogen (secondary N) is 2. The fourth-order valence-electron chi connectivity index (χ4n) is 1.91. The number of sulfonamides is 1. The molecule has 0 aliphatic heterocycles. The Labute approximate surface area is 182 Å². The van der Waals surface area contributed by atoms with Gasteiger partial charge in [-0.25, -0.2) is 8.42 Å². The van der Waals surface area contributed by atoms with Crippen LogP contribution in [-0.4, -0.2) is 31.2 Å². The van der Waals surface area contributed by atoms with Crippen LogP contribution in [0.3, 0.4) is 0 Å². The first kappa shape index (κ1) is 23.7. The topological polar surface area (TPSA) is 95.5 Å². The number of carbonyl (C=O) groups is 1. The highest BCUT2D eigenvalue weighted by Crippen LogP contribution is 2.33. The molecule has 158 valence electrons. The zero-order chi connectivity index (χ0) is 22.2. The van der Waals surface area contributed by atoms with Crippen molar-refractivity contribution in [3.05, 3.63) is 50.9 Å². The molecular weight excluding hydrogens is 524 g/mol. The molecule has 0 bridgehead atoms. The van der Waals surface area contributed by atoms with Gasteiger partial charge in [0.1, 0.15) is 0 Å². The summed E-state index contributed by atoms with van der Waals surface area (Å²) in [5, 5.41) is 11.2. The molecule has 2 aromatic carbocycles. The lowest BCUT2D eigenvalue weighted by Crippen LogP contribution is -2.52.